The number of hydrogen-bond acceptors (Lipinski definition) is 1. The first kappa shape index (κ1) is 11.1. The van der Waals surface area contributed by atoms with Gasteiger partial charge in [0.1, 0.15) is 0 Å². The van der Waals surface area contributed by atoms with Crippen LogP contribution in [0.25, 0.3) is 0 Å². The maximum atomic E-state index is 12.1. The molecule has 0 aliphatic heterocycles. The van der Waals surface area contributed by atoms with Gasteiger partial charge >= 0.3 is 0 Å². The quantitative estimate of drug-likeness (QED) is 0.640. The molecular formula is C6H14F3NS. The van der Waals surface area contributed by atoms with E-state index in [9.17, 15) is 11.7 Å². The fourth-order valence-corrected chi connectivity index (χ4v) is 1.37. The van der Waals surface area contributed by atoms with Gasteiger partial charge in [0.25, 0.3) is 11.4 Å². The van der Waals surface area contributed by atoms with Crippen molar-refractivity contribution in [3.05, 3.63) is 0 Å². The van der Waals surface area contributed by atoms with E-state index in [1.165, 1.54) is 6.92 Å². The first-order valence-corrected chi connectivity index (χ1v) is 4.98. The molecule has 11 heavy (non-hydrogen) atoms. The Morgan fingerprint density at radius 3 is 2.00 bits per heavy atom. The molecular weight excluding hydrogens is 175 g/mol. The summed E-state index contributed by atoms with van der Waals surface area (Å²) in [5, 5.41) is 0. The Kier molecular flexibility index (Phi) is 4.92. The molecule has 0 N–H and O–H groups in total. The lowest BCUT2D eigenvalue weighted by Crippen LogP contribution is -2.21. The second-order valence-electron chi connectivity index (χ2n) is 2.26. The molecule has 0 unspecified atom stereocenters. The smallest absolute Gasteiger partial charge is 0.193 e. The minimum Gasteiger partial charge on any atom is -0.193 e. The van der Waals surface area contributed by atoms with E-state index in [1.54, 1.807) is 0 Å². The average Bonchev–Trinajstić information content (AvgIpc) is 1.87. The molecule has 0 spiro atoms. The summed E-state index contributed by atoms with van der Waals surface area (Å²) in [6, 6.07) is 0. The lowest BCUT2D eigenvalue weighted by molar-refractivity contribution is 0.392. The molecule has 0 bridgehead atoms. The van der Waals surface area contributed by atoms with Gasteiger partial charge in [0, 0.05) is 13.1 Å². The topological polar surface area (TPSA) is 3.24 Å². The first-order chi connectivity index (χ1) is 5.02. The minimum absolute atomic E-state index is 0.0822. The van der Waals surface area contributed by atoms with Crippen molar-refractivity contribution in [3.63, 3.8) is 0 Å². The predicted octanol–water partition coefficient (Wildman–Crippen LogP) is 3.48. The monoisotopic (exact) mass is 189 g/mol. The van der Waals surface area contributed by atoms with Gasteiger partial charge in [-0.05, 0) is 6.42 Å². The number of nitrogens with zero attached hydrogens (tertiary/aromatic N) is 1. The summed E-state index contributed by atoms with van der Waals surface area (Å²) in [4.78, 5) is 0. The zero-order valence-corrected chi connectivity index (χ0v) is 7.63. The van der Waals surface area contributed by atoms with Gasteiger partial charge in [-0.25, -0.2) is 0 Å². The average molecular weight is 189 g/mol. The van der Waals surface area contributed by atoms with Crippen LogP contribution in [-0.4, -0.2) is 17.4 Å². The van der Waals surface area contributed by atoms with Gasteiger partial charge in [0.05, 0.1) is 0 Å². The summed E-state index contributed by atoms with van der Waals surface area (Å²) in [5.41, 5.74) is 0. The zero-order chi connectivity index (χ0) is 8.91. The highest BCUT2D eigenvalue weighted by atomic mass is 32.3. The standard InChI is InChI=1S/C6H14F3NS/c1-3-5-6-10(4-2)11(7,8)9/h3-6H2,1-2H3. The third-order valence-corrected chi connectivity index (χ3v) is 2.43. The van der Waals surface area contributed by atoms with Crippen molar-refractivity contribution >= 4 is 11.4 Å². The maximum Gasteiger partial charge on any atom is 0.278 e. The van der Waals surface area contributed by atoms with Gasteiger partial charge in [-0.3, -0.25) is 0 Å². The van der Waals surface area contributed by atoms with E-state index in [0.717, 1.165) is 6.42 Å². The normalized spacial score (nSPS) is 14.0. The minimum atomic E-state index is -4.95. The van der Waals surface area contributed by atoms with Crippen LogP contribution in [0.2, 0.25) is 0 Å². The molecule has 1 nitrogen and oxygen atoms in total. The zero-order valence-electron chi connectivity index (χ0n) is 6.82. The van der Waals surface area contributed by atoms with Gasteiger partial charge in [-0.15, -0.1) is 11.7 Å². The molecule has 0 saturated carbocycles. The Morgan fingerprint density at radius 2 is 1.73 bits per heavy atom. The van der Waals surface area contributed by atoms with Crippen LogP contribution in [-0.2, 0) is 0 Å². The van der Waals surface area contributed by atoms with E-state index in [2.05, 4.69) is 0 Å². The SMILES string of the molecule is CCCCN(CC)S(F)(F)F. The van der Waals surface area contributed by atoms with Crippen LogP contribution in [0.4, 0.5) is 11.7 Å². The van der Waals surface area contributed by atoms with Crippen molar-refractivity contribution < 1.29 is 11.7 Å². The number of hydrogen-bond donors (Lipinski definition) is 0. The Hall–Kier alpha value is 0.100. The molecule has 0 amide bonds. The molecule has 0 aliphatic rings. The van der Waals surface area contributed by atoms with E-state index >= 15 is 0 Å². The Balaban J connectivity index is 3.76. The van der Waals surface area contributed by atoms with E-state index in [1.807, 2.05) is 6.92 Å². The molecule has 0 radical (unpaired) electrons. The van der Waals surface area contributed by atoms with Crippen molar-refractivity contribution in [1.82, 2.24) is 4.31 Å². The molecule has 0 aromatic heterocycles. The van der Waals surface area contributed by atoms with Crippen molar-refractivity contribution in [3.8, 4) is 0 Å². The fourth-order valence-electron chi connectivity index (χ4n) is 0.742. The molecule has 0 atom stereocenters. The lowest BCUT2D eigenvalue weighted by atomic mass is 10.3. The second-order valence-corrected chi connectivity index (χ2v) is 3.54. The van der Waals surface area contributed by atoms with E-state index in [-0.39, 0.29) is 13.1 Å². The van der Waals surface area contributed by atoms with Gasteiger partial charge in [-0.2, -0.15) is 4.31 Å². The van der Waals surface area contributed by atoms with Crippen molar-refractivity contribution in [2.45, 2.75) is 26.7 Å². The molecule has 5 heteroatoms. The van der Waals surface area contributed by atoms with Crippen LogP contribution < -0.4 is 0 Å². The third kappa shape index (κ3) is 4.53. The molecule has 0 aromatic carbocycles. The lowest BCUT2D eigenvalue weighted by Gasteiger charge is -2.25. The van der Waals surface area contributed by atoms with Crippen molar-refractivity contribution in [1.29, 1.82) is 0 Å². The highest BCUT2D eigenvalue weighted by Gasteiger charge is 2.28. The highest BCUT2D eigenvalue weighted by molar-refractivity contribution is 8.18. The highest BCUT2D eigenvalue weighted by Crippen LogP contribution is 2.56. The molecule has 0 rings (SSSR count). The summed E-state index contributed by atoms with van der Waals surface area (Å²) < 4.78 is 36.8. The van der Waals surface area contributed by atoms with Gasteiger partial charge in [0.2, 0.25) is 0 Å². The number of halogens is 3. The van der Waals surface area contributed by atoms with E-state index < -0.39 is 11.4 Å². The van der Waals surface area contributed by atoms with Crippen molar-refractivity contribution in [2.24, 2.45) is 0 Å². The first-order valence-electron chi connectivity index (χ1n) is 3.69. The van der Waals surface area contributed by atoms with Gasteiger partial charge < -0.3 is 0 Å². The van der Waals surface area contributed by atoms with Crippen LogP contribution in [0.3, 0.4) is 0 Å². The molecule has 0 aromatic rings. The molecule has 0 heterocycles. The predicted molar refractivity (Wildman–Crippen MR) is 43.1 cm³/mol. The summed E-state index contributed by atoms with van der Waals surface area (Å²) in [6.45, 7) is 3.67. The molecule has 0 fully saturated rings. The van der Waals surface area contributed by atoms with Crippen LogP contribution in [0.1, 0.15) is 26.7 Å². The number of unbranched alkanes of at least 4 members (excludes halogenated alkanes) is 1. The molecule has 0 aliphatic carbocycles. The Bertz CT molecular complexity index is 104. The van der Waals surface area contributed by atoms with E-state index in [0.29, 0.717) is 10.7 Å². The fraction of sp³-hybridized carbons (Fsp3) is 1.00. The Morgan fingerprint density at radius 1 is 1.18 bits per heavy atom. The third-order valence-electron chi connectivity index (χ3n) is 1.41. The summed E-state index contributed by atoms with van der Waals surface area (Å²) in [5.74, 6) is 0. The molecule has 0 saturated heterocycles. The summed E-state index contributed by atoms with van der Waals surface area (Å²) >= 11 is -4.95. The summed E-state index contributed by atoms with van der Waals surface area (Å²) in [7, 11) is 0. The van der Waals surface area contributed by atoms with E-state index in [4.69, 9.17) is 0 Å². The van der Waals surface area contributed by atoms with Crippen LogP contribution in [0, 0.1) is 0 Å². The molecule has 70 valence electrons. The van der Waals surface area contributed by atoms with Crippen LogP contribution in [0.15, 0.2) is 0 Å². The van der Waals surface area contributed by atoms with Crippen LogP contribution >= 0.6 is 11.4 Å². The van der Waals surface area contributed by atoms with Crippen molar-refractivity contribution in [2.75, 3.05) is 13.1 Å². The second kappa shape index (κ2) is 4.87. The number of rotatable bonds is 5. The van der Waals surface area contributed by atoms with Gasteiger partial charge in [0.15, 0.2) is 0 Å². The van der Waals surface area contributed by atoms with Gasteiger partial charge in [-0.1, -0.05) is 20.3 Å². The van der Waals surface area contributed by atoms with Crippen LogP contribution in [0.5, 0.6) is 0 Å². The largest absolute Gasteiger partial charge is 0.278 e. The maximum absolute atomic E-state index is 12.1. The Labute approximate surface area is 67.9 Å². The summed E-state index contributed by atoms with van der Waals surface area (Å²) in [6.07, 6.45) is 1.44.